The first-order valence-corrected chi connectivity index (χ1v) is 7.63. The summed E-state index contributed by atoms with van der Waals surface area (Å²) in [6.07, 6.45) is -0.0625. The third kappa shape index (κ3) is 13.6. The number of amides is 1. The molecular weight excluding hydrogens is 288 g/mol. The molecule has 0 spiro atoms. The standard InChI is InChI=1S/C15H30N2O5/c1-6-21-13(18)7-9-17(5)10-12-20-11-8-16-14(19)22-15(2,3)4/h6-12H2,1-5H3,(H,16,19). The number of esters is 1. The van der Waals surface area contributed by atoms with Gasteiger partial charge in [-0.25, -0.2) is 4.79 Å². The summed E-state index contributed by atoms with van der Waals surface area (Å²) in [5, 5.41) is 2.62. The van der Waals surface area contributed by atoms with Gasteiger partial charge in [0.15, 0.2) is 0 Å². The average molecular weight is 318 g/mol. The van der Waals surface area contributed by atoms with Gasteiger partial charge in [0, 0.05) is 19.6 Å². The molecule has 130 valence electrons. The maximum atomic E-state index is 11.4. The number of nitrogens with one attached hydrogen (secondary N) is 1. The maximum absolute atomic E-state index is 11.4. The number of likely N-dealkylation sites (N-methyl/N-ethyl adjacent to an activating group) is 1. The van der Waals surface area contributed by atoms with Crippen LogP contribution in [0.3, 0.4) is 0 Å². The van der Waals surface area contributed by atoms with Crippen molar-refractivity contribution in [2.24, 2.45) is 0 Å². The van der Waals surface area contributed by atoms with Crippen molar-refractivity contribution in [1.29, 1.82) is 0 Å². The van der Waals surface area contributed by atoms with Crippen LogP contribution < -0.4 is 5.32 Å². The van der Waals surface area contributed by atoms with Gasteiger partial charge in [-0.05, 0) is 34.7 Å². The van der Waals surface area contributed by atoms with Crippen molar-refractivity contribution in [2.75, 3.05) is 46.5 Å². The van der Waals surface area contributed by atoms with E-state index >= 15 is 0 Å². The molecule has 0 aromatic carbocycles. The van der Waals surface area contributed by atoms with E-state index in [2.05, 4.69) is 5.32 Å². The van der Waals surface area contributed by atoms with Gasteiger partial charge in [0.2, 0.25) is 0 Å². The Balaban J connectivity index is 3.49. The van der Waals surface area contributed by atoms with Gasteiger partial charge in [-0.15, -0.1) is 0 Å². The number of carbonyl (C=O) groups is 2. The quantitative estimate of drug-likeness (QED) is 0.485. The zero-order valence-corrected chi connectivity index (χ0v) is 14.4. The Morgan fingerprint density at radius 3 is 2.41 bits per heavy atom. The molecule has 0 aliphatic rings. The van der Waals surface area contributed by atoms with E-state index < -0.39 is 11.7 Å². The average Bonchev–Trinajstić information content (AvgIpc) is 2.38. The van der Waals surface area contributed by atoms with Gasteiger partial charge in [-0.3, -0.25) is 4.79 Å². The summed E-state index contributed by atoms with van der Waals surface area (Å²) < 4.78 is 15.4. The summed E-state index contributed by atoms with van der Waals surface area (Å²) in [5.74, 6) is -0.183. The monoisotopic (exact) mass is 318 g/mol. The van der Waals surface area contributed by atoms with Crippen LogP contribution in [0.15, 0.2) is 0 Å². The Labute approximate surface area is 133 Å². The molecule has 0 saturated heterocycles. The van der Waals surface area contributed by atoms with Crippen LogP contribution in [0.5, 0.6) is 0 Å². The molecular formula is C15H30N2O5. The number of hydrogen-bond donors (Lipinski definition) is 1. The predicted molar refractivity (Wildman–Crippen MR) is 83.8 cm³/mol. The van der Waals surface area contributed by atoms with Gasteiger partial charge in [0.25, 0.3) is 0 Å². The normalized spacial score (nSPS) is 11.4. The molecule has 22 heavy (non-hydrogen) atoms. The zero-order chi connectivity index (χ0) is 17.0. The van der Waals surface area contributed by atoms with Crippen molar-refractivity contribution in [3.63, 3.8) is 0 Å². The van der Waals surface area contributed by atoms with Crippen molar-refractivity contribution in [1.82, 2.24) is 10.2 Å². The molecule has 1 amide bonds. The van der Waals surface area contributed by atoms with Gasteiger partial charge in [0.05, 0.1) is 26.2 Å². The van der Waals surface area contributed by atoms with Crippen LogP contribution in [0.4, 0.5) is 4.79 Å². The van der Waals surface area contributed by atoms with Crippen molar-refractivity contribution in [3.05, 3.63) is 0 Å². The molecule has 0 aromatic heterocycles. The first-order chi connectivity index (χ1) is 10.2. The van der Waals surface area contributed by atoms with Crippen molar-refractivity contribution >= 4 is 12.1 Å². The third-order valence-electron chi connectivity index (χ3n) is 2.53. The molecule has 0 aromatic rings. The number of hydrogen-bond acceptors (Lipinski definition) is 6. The number of nitrogens with zero attached hydrogens (tertiary/aromatic N) is 1. The van der Waals surface area contributed by atoms with Crippen LogP contribution in [-0.4, -0.2) is 69.1 Å². The van der Waals surface area contributed by atoms with E-state index in [0.29, 0.717) is 45.9 Å². The van der Waals surface area contributed by atoms with E-state index in [0.717, 1.165) is 0 Å². The Hall–Kier alpha value is -1.34. The number of rotatable bonds is 10. The van der Waals surface area contributed by atoms with Gasteiger partial charge in [0.1, 0.15) is 5.60 Å². The van der Waals surface area contributed by atoms with Gasteiger partial charge in [-0.2, -0.15) is 0 Å². The summed E-state index contributed by atoms with van der Waals surface area (Å²) >= 11 is 0. The van der Waals surface area contributed by atoms with Crippen LogP contribution in [0.1, 0.15) is 34.1 Å². The van der Waals surface area contributed by atoms with Crippen molar-refractivity contribution in [3.8, 4) is 0 Å². The first kappa shape index (κ1) is 20.7. The topological polar surface area (TPSA) is 77.1 Å². The minimum absolute atomic E-state index is 0.183. The second-order valence-corrected chi connectivity index (χ2v) is 5.90. The summed E-state index contributed by atoms with van der Waals surface area (Å²) in [7, 11) is 1.92. The second-order valence-electron chi connectivity index (χ2n) is 5.90. The van der Waals surface area contributed by atoms with Crippen molar-refractivity contribution in [2.45, 2.75) is 39.7 Å². The molecule has 0 radical (unpaired) electrons. The van der Waals surface area contributed by atoms with Crippen LogP contribution in [0.25, 0.3) is 0 Å². The Morgan fingerprint density at radius 2 is 1.82 bits per heavy atom. The van der Waals surface area contributed by atoms with E-state index in [9.17, 15) is 9.59 Å². The fraction of sp³-hybridized carbons (Fsp3) is 0.867. The highest BCUT2D eigenvalue weighted by Gasteiger charge is 2.15. The molecule has 0 aliphatic heterocycles. The molecule has 0 aliphatic carbocycles. The molecule has 0 unspecified atom stereocenters. The second kappa shape index (κ2) is 11.3. The predicted octanol–water partition coefficient (Wildman–Crippen LogP) is 1.41. The summed E-state index contributed by atoms with van der Waals surface area (Å²) in [5.41, 5.74) is -0.493. The van der Waals surface area contributed by atoms with Crippen LogP contribution in [-0.2, 0) is 19.0 Å². The van der Waals surface area contributed by atoms with E-state index in [-0.39, 0.29) is 5.97 Å². The summed E-state index contributed by atoms with van der Waals surface area (Å²) in [4.78, 5) is 24.6. The molecule has 0 saturated carbocycles. The summed E-state index contributed by atoms with van der Waals surface area (Å²) in [6.45, 7) is 10.4. The van der Waals surface area contributed by atoms with Crippen LogP contribution in [0, 0.1) is 0 Å². The molecule has 1 N–H and O–H groups in total. The van der Waals surface area contributed by atoms with Gasteiger partial charge < -0.3 is 24.4 Å². The SMILES string of the molecule is CCOC(=O)CCN(C)CCOCCNC(=O)OC(C)(C)C. The summed E-state index contributed by atoms with van der Waals surface area (Å²) in [6, 6.07) is 0. The Kier molecular flexibility index (Phi) is 10.6. The first-order valence-electron chi connectivity index (χ1n) is 7.63. The molecule has 0 rings (SSSR count). The van der Waals surface area contributed by atoms with Crippen LogP contribution >= 0.6 is 0 Å². The molecule has 0 atom stereocenters. The molecule has 0 fully saturated rings. The maximum Gasteiger partial charge on any atom is 0.407 e. The Bertz CT molecular complexity index is 328. The highest BCUT2D eigenvalue weighted by molar-refractivity contribution is 5.69. The highest BCUT2D eigenvalue weighted by Crippen LogP contribution is 2.05. The fourth-order valence-corrected chi connectivity index (χ4v) is 1.49. The minimum atomic E-state index is -0.493. The highest BCUT2D eigenvalue weighted by atomic mass is 16.6. The molecule has 7 nitrogen and oxygen atoms in total. The van der Waals surface area contributed by atoms with E-state index in [4.69, 9.17) is 14.2 Å². The van der Waals surface area contributed by atoms with E-state index in [1.54, 1.807) is 6.92 Å². The number of carbonyl (C=O) groups excluding carboxylic acids is 2. The largest absolute Gasteiger partial charge is 0.466 e. The lowest BCUT2D eigenvalue weighted by molar-refractivity contribution is -0.143. The van der Waals surface area contributed by atoms with Crippen molar-refractivity contribution < 1.29 is 23.8 Å². The van der Waals surface area contributed by atoms with E-state index in [1.165, 1.54) is 0 Å². The fourth-order valence-electron chi connectivity index (χ4n) is 1.49. The minimum Gasteiger partial charge on any atom is -0.466 e. The Morgan fingerprint density at radius 1 is 1.14 bits per heavy atom. The third-order valence-corrected chi connectivity index (χ3v) is 2.53. The molecule has 7 heteroatoms. The smallest absolute Gasteiger partial charge is 0.407 e. The van der Waals surface area contributed by atoms with Gasteiger partial charge in [-0.1, -0.05) is 0 Å². The number of ether oxygens (including phenoxy) is 3. The lowest BCUT2D eigenvalue weighted by atomic mass is 10.2. The van der Waals surface area contributed by atoms with E-state index in [1.807, 2.05) is 32.7 Å². The molecule has 0 bridgehead atoms. The van der Waals surface area contributed by atoms with Crippen LogP contribution in [0.2, 0.25) is 0 Å². The lowest BCUT2D eigenvalue weighted by Gasteiger charge is -2.19. The number of alkyl carbamates (subject to hydrolysis) is 1. The lowest BCUT2D eigenvalue weighted by Crippen LogP contribution is -2.34. The zero-order valence-electron chi connectivity index (χ0n) is 14.4. The van der Waals surface area contributed by atoms with Gasteiger partial charge >= 0.3 is 12.1 Å². The molecule has 0 heterocycles.